The molecule has 3 aromatic carbocycles. The van der Waals surface area contributed by atoms with E-state index in [0.29, 0.717) is 12.4 Å². The molecular formula is C25H20BrNO5S. The van der Waals surface area contributed by atoms with Gasteiger partial charge in [-0.05, 0) is 80.8 Å². The summed E-state index contributed by atoms with van der Waals surface area (Å²) in [5.41, 5.74) is 1.78. The summed E-state index contributed by atoms with van der Waals surface area (Å²) in [6, 6.07) is 19.8. The quantitative estimate of drug-likeness (QED) is 0.287. The van der Waals surface area contributed by atoms with Crippen LogP contribution in [0, 0.1) is 0 Å². The van der Waals surface area contributed by atoms with Crippen LogP contribution in [0.15, 0.2) is 70.0 Å². The zero-order valence-corrected chi connectivity index (χ0v) is 20.1. The number of ether oxygens (including phenoxy) is 2. The molecule has 2 amide bonds. The van der Waals surface area contributed by atoms with Crippen LogP contribution in [0.25, 0.3) is 16.8 Å². The number of benzene rings is 3. The van der Waals surface area contributed by atoms with Gasteiger partial charge in [0.25, 0.3) is 11.1 Å². The monoisotopic (exact) mass is 525 g/mol. The number of hydrogen-bond donors (Lipinski definition) is 0. The van der Waals surface area contributed by atoms with Gasteiger partial charge in [0.05, 0.1) is 16.0 Å². The number of halogens is 1. The largest absolute Gasteiger partial charge is 0.488 e. The fraction of sp³-hybridized carbons (Fsp3) is 0.160. The molecule has 0 atom stereocenters. The van der Waals surface area contributed by atoms with Crippen LogP contribution in [0.1, 0.15) is 18.1 Å². The Balaban J connectivity index is 1.43. The van der Waals surface area contributed by atoms with E-state index in [-0.39, 0.29) is 18.1 Å². The maximum atomic E-state index is 12.5. The second-order valence-electron chi connectivity index (χ2n) is 7.23. The highest BCUT2D eigenvalue weighted by Crippen LogP contribution is 2.34. The van der Waals surface area contributed by atoms with E-state index in [2.05, 4.69) is 40.2 Å². The van der Waals surface area contributed by atoms with Crippen LogP contribution in [0.3, 0.4) is 0 Å². The molecule has 0 bridgehead atoms. The number of fused-ring (bicyclic) bond motifs is 1. The Kier molecular flexibility index (Phi) is 7.15. The molecule has 0 radical (unpaired) electrons. The van der Waals surface area contributed by atoms with E-state index >= 15 is 0 Å². The van der Waals surface area contributed by atoms with Crippen molar-refractivity contribution in [1.29, 1.82) is 0 Å². The lowest BCUT2D eigenvalue weighted by molar-refractivity contribution is -0.145. The molecule has 0 spiro atoms. The maximum Gasteiger partial charge on any atom is 0.326 e. The molecule has 0 N–H and O–H groups in total. The molecule has 1 heterocycles. The smallest absolute Gasteiger partial charge is 0.326 e. The van der Waals surface area contributed by atoms with Crippen molar-refractivity contribution in [2.75, 3.05) is 13.2 Å². The molecule has 1 saturated heterocycles. The standard InChI is InChI=1S/C25H20BrNO5S/c1-2-31-23(28)14-27-24(29)22(33-25(27)30)13-16-8-10-21(20(26)12-16)32-15-17-7-9-18-5-3-4-6-19(18)11-17/h3-13H,2,14-15H2,1H3/b22-13+. The van der Waals surface area contributed by atoms with Crippen molar-refractivity contribution in [3.63, 3.8) is 0 Å². The van der Waals surface area contributed by atoms with E-state index in [1.807, 2.05) is 24.3 Å². The van der Waals surface area contributed by atoms with Gasteiger partial charge in [0.2, 0.25) is 0 Å². The summed E-state index contributed by atoms with van der Waals surface area (Å²) in [7, 11) is 0. The van der Waals surface area contributed by atoms with E-state index in [0.717, 1.165) is 37.6 Å². The van der Waals surface area contributed by atoms with Gasteiger partial charge in [0, 0.05) is 0 Å². The number of amides is 2. The molecule has 4 rings (SSSR count). The predicted molar refractivity (Wildman–Crippen MR) is 132 cm³/mol. The second-order valence-corrected chi connectivity index (χ2v) is 9.08. The lowest BCUT2D eigenvalue weighted by atomic mass is 10.1. The number of nitrogens with zero attached hydrogens (tertiary/aromatic N) is 1. The van der Waals surface area contributed by atoms with Gasteiger partial charge >= 0.3 is 5.97 Å². The highest BCUT2D eigenvalue weighted by Gasteiger charge is 2.36. The molecule has 168 valence electrons. The fourth-order valence-corrected chi connectivity index (χ4v) is 4.69. The SMILES string of the molecule is CCOC(=O)CN1C(=O)S/C(=C/c2ccc(OCc3ccc4ccccc4c3)c(Br)c2)C1=O. The summed E-state index contributed by atoms with van der Waals surface area (Å²) in [5.74, 6) is -0.460. The highest BCUT2D eigenvalue weighted by molar-refractivity contribution is 9.10. The van der Waals surface area contributed by atoms with Crippen molar-refractivity contribution in [3.8, 4) is 5.75 Å². The van der Waals surface area contributed by atoms with Gasteiger partial charge in [0.15, 0.2) is 0 Å². The fourth-order valence-electron chi connectivity index (χ4n) is 3.34. The van der Waals surface area contributed by atoms with Crippen LogP contribution in [0.4, 0.5) is 4.79 Å². The Morgan fingerprint density at radius 1 is 1.06 bits per heavy atom. The van der Waals surface area contributed by atoms with Gasteiger partial charge in [-0.2, -0.15) is 0 Å². The third kappa shape index (κ3) is 5.46. The van der Waals surface area contributed by atoms with Crippen LogP contribution in [-0.4, -0.2) is 35.2 Å². The molecule has 3 aromatic rings. The van der Waals surface area contributed by atoms with Crippen LogP contribution < -0.4 is 4.74 Å². The first-order chi connectivity index (χ1) is 15.9. The average molecular weight is 526 g/mol. The first kappa shape index (κ1) is 23.1. The van der Waals surface area contributed by atoms with Crippen molar-refractivity contribution in [2.24, 2.45) is 0 Å². The average Bonchev–Trinajstić information content (AvgIpc) is 3.06. The molecule has 33 heavy (non-hydrogen) atoms. The summed E-state index contributed by atoms with van der Waals surface area (Å²) in [6.45, 7) is 1.88. The van der Waals surface area contributed by atoms with Gasteiger partial charge in [-0.3, -0.25) is 19.3 Å². The van der Waals surface area contributed by atoms with Gasteiger partial charge < -0.3 is 9.47 Å². The zero-order chi connectivity index (χ0) is 23.4. The van der Waals surface area contributed by atoms with Gasteiger partial charge in [-0.15, -0.1) is 0 Å². The number of hydrogen-bond acceptors (Lipinski definition) is 6. The minimum Gasteiger partial charge on any atom is -0.488 e. The first-order valence-corrected chi connectivity index (χ1v) is 11.9. The topological polar surface area (TPSA) is 72.9 Å². The van der Waals surface area contributed by atoms with Gasteiger partial charge in [-0.25, -0.2) is 0 Å². The number of carbonyl (C=O) groups excluding carboxylic acids is 3. The summed E-state index contributed by atoms with van der Waals surface area (Å²) in [6.07, 6.45) is 1.62. The van der Waals surface area contributed by atoms with Crippen molar-refractivity contribution in [3.05, 3.63) is 81.2 Å². The molecule has 6 nitrogen and oxygen atoms in total. The normalized spacial score (nSPS) is 14.8. The van der Waals surface area contributed by atoms with Crippen LogP contribution in [-0.2, 0) is 20.9 Å². The van der Waals surface area contributed by atoms with E-state index in [9.17, 15) is 14.4 Å². The van der Waals surface area contributed by atoms with Crippen LogP contribution >= 0.6 is 27.7 Å². The Bertz CT molecular complexity index is 1270. The molecule has 8 heteroatoms. The van der Waals surface area contributed by atoms with E-state index < -0.39 is 17.1 Å². The molecular weight excluding hydrogens is 506 g/mol. The number of esters is 1. The van der Waals surface area contributed by atoms with Crippen molar-refractivity contribution in [2.45, 2.75) is 13.5 Å². The molecule has 1 fully saturated rings. The molecule has 1 aliphatic rings. The third-order valence-electron chi connectivity index (χ3n) is 4.93. The molecule has 0 unspecified atom stereocenters. The Morgan fingerprint density at radius 2 is 1.85 bits per heavy atom. The maximum absolute atomic E-state index is 12.5. The van der Waals surface area contributed by atoms with Crippen LogP contribution in [0.2, 0.25) is 0 Å². The zero-order valence-electron chi connectivity index (χ0n) is 17.7. The van der Waals surface area contributed by atoms with E-state index in [1.165, 1.54) is 5.39 Å². The van der Waals surface area contributed by atoms with Crippen molar-refractivity contribution in [1.82, 2.24) is 4.90 Å². The van der Waals surface area contributed by atoms with Crippen LogP contribution in [0.5, 0.6) is 5.75 Å². The van der Waals surface area contributed by atoms with E-state index in [4.69, 9.17) is 9.47 Å². The molecule has 0 aliphatic carbocycles. The Hall–Kier alpha value is -3.10. The summed E-state index contributed by atoms with van der Waals surface area (Å²) >= 11 is 4.31. The number of rotatable bonds is 7. The minimum absolute atomic E-state index is 0.189. The Morgan fingerprint density at radius 3 is 2.61 bits per heavy atom. The minimum atomic E-state index is -0.614. The predicted octanol–water partition coefficient (Wildman–Crippen LogP) is 5.78. The first-order valence-electron chi connectivity index (χ1n) is 10.3. The molecule has 0 saturated carbocycles. The summed E-state index contributed by atoms with van der Waals surface area (Å²) in [5, 5.41) is 1.84. The highest BCUT2D eigenvalue weighted by atomic mass is 79.9. The second kappa shape index (κ2) is 10.2. The lowest BCUT2D eigenvalue weighted by Gasteiger charge is -2.11. The Labute approximate surface area is 203 Å². The number of imide groups is 1. The van der Waals surface area contributed by atoms with E-state index in [1.54, 1.807) is 25.1 Å². The van der Waals surface area contributed by atoms with Gasteiger partial charge in [-0.1, -0.05) is 42.5 Å². The van der Waals surface area contributed by atoms with Gasteiger partial charge in [0.1, 0.15) is 18.9 Å². The molecule has 0 aromatic heterocycles. The molecule has 1 aliphatic heterocycles. The van der Waals surface area contributed by atoms with Crippen molar-refractivity contribution >= 4 is 61.7 Å². The summed E-state index contributed by atoms with van der Waals surface area (Å²) in [4.78, 5) is 37.5. The third-order valence-corrected chi connectivity index (χ3v) is 6.46. The summed E-state index contributed by atoms with van der Waals surface area (Å²) < 4.78 is 11.5. The lowest BCUT2D eigenvalue weighted by Crippen LogP contribution is -2.34. The number of thioether (sulfide) groups is 1. The number of carbonyl (C=O) groups is 3. The van der Waals surface area contributed by atoms with Crippen molar-refractivity contribution < 1.29 is 23.9 Å².